The zero-order valence-electron chi connectivity index (χ0n) is 11.1. The Balaban J connectivity index is 2.08. The summed E-state index contributed by atoms with van der Waals surface area (Å²) in [6.07, 6.45) is 0. The van der Waals surface area contributed by atoms with Crippen LogP contribution in [-0.2, 0) is 9.84 Å². The van der Waals surface area contributed by atoms with E-state index < -0.39 is 14.5 Å². The third kappa shape index (κ3) is 2.67. The summed E-state index contributed by atoms with van der Waals surface area (Å²) in [5.74, 6) is 0. The van der Waals surface area contributed by atoms with Crippen molar-refractivity contribution in [2.24, 2.45) is 0 Å². The van der Waals surface area contributed by atoms with E-state index >= 15 is 0 Å². The lowest BCUT2D eigenvalue weighted by atomic mass is 10.1. The molecule has 0 amide bonds. The molecule has 0 saturated heterocycles. The largest absolute Gasteiger partial charge is 0.222 e. The van der Waals surface area contributed by atoms with Gasteiger partial charge in [0.25, 0.3) is 0 Å². The molecule has 0 heterocycles. The van der Waals surface area contributed by atoms with Crippen LogP contribution in [0.3, 0.4) is 0 Å². The second-order valence-corrected chi connectivity index (χ2v) is 7.51. The van der Waals surface area contributed by atoms with Crippen molar-refractivity contribution in [3.05, 3.63) is 78.4 Å². The van der Waals surface area contributed by atoms with E-state index in [1.165, 1.54) is 0 Å². The fourth-order valence-corrected chi connectivity index (χ4v) is 4.00. The number of rotatable bonds is 3. The van der Waals surface area contributed by atoms with Crippen molar-refractivity contribution in [1.82, 2.24) is 0 Å². The molecule has 106 valence electrons. The fourth-order valence-electron chi connectivity index (χ4n) is 2.25. The molecule has 0 aliphatic carbocycles. The highest BCUT2D eigenvalue weighted by Crippen LogP contribution is 2.33. The van der Waals surface area contributed by atoms with E-state index in [1.54, 1.807) is 42.5 Å². The first-order valence-electron chi connectivity index (χ1n) is 6.51. The van der Waals surface area contributed by atoms with E-state index in [4.69, 9.17) is 11.6 Å². The van der Waals surface area contributed by atoms with Crippen molar-refractivity contribution in [2.75, 3.05) is 0 Å². The van der Waals surface area contributed by atoms with E-state index in [0.29, 0.717) is 5.56 Å². The third-order valence-electron chi connectivity index (χ3n) is 3.38. The first kappa shape index (κ1) is 14.1. The Bertz CT molecular complexity index is 873. The molecule has 0 aromatic heterocycles. The van der Waals surface area contributed by atoms with E-state index in [-0.39, 0.29) is 4.90 Å². The topological polar surface area (TPSA) is 34.1 Å². The standard InChI is InChI=1S/C17H13ClO2S/c18-17(14-7-2-1-3-8-14)21(19,20)16-11-10-13-6-4-5-9-15(13)12-16/h1-12,17H. The number of hydrogen-bond acceptors (Lipinski definition) is 2. The Hall–Kier alpha value is -1.84. The lowest BCUT2D eigenvalue weighted by Gasteiger charge is -2.12. The third-order valence-corrected chi connectivity index (χ3v) is 6.07. The lowest BCUT2D eigenvalue weighted by molar-refractivity contribution is 0.594. The predicted molar refractivity (Wildman–Crippen MR) is 86.2 cm³/mol. The summed E-state index contributed by atoms with van der Waals surface area (Å²) >= 11 is 6.20. The van der Waals surface area contributed by atoms with Gasteiger partial charge in [-0.1, -0.05) is 72.3 Å². The molecular formula is C17H13ClO2S. The average molecular weight is 317 g/mol. The number of benzene rings is 3. The van der Waals surface area contributed by atoms with Crippen LogP contribution in [0.2, 0.25) is 0 Å². The quantitative estimate of drug-likeness (QED) is 0.664. The second-order valence-electron chi connectivity index (χ2n) is 4.78. The van der Waals surface area contributed by atoms with Gasteiger partial charge in [-0.2, -0.15) is 0 Å². The van der Waals surface area contributed by atoms with Gasteiger partial charge in [0, 0.05) is 0 Å². The van der Waals surface area contributed by atoms with Crippen molar-refractivity contribution < 1.29 is 8.42 Å². The Labute approximate surface area is 128 Å². The molecule has 0 bridgehead atoms. The molecule has 0 aliphatic heterocycles. The zero-order valence-corrected chi connectivity index (χ0v) is 12.7. The van der Waals surface area contributed by atoms with Gasteiger partial charge in [-0.15, -0.1) is 0 Å². The van der Waals surface area contributed by atoms with Crippen LogP contribution in [0, 0.1) is 0 Å². The highest BCUT2D eigenvalue weighted by molar-refractivity contribution is 7.92. The Kier molecular flexibility index (Phi) is 3.70. The van der Waals surface area contributed by atoms with Gasteiger partial charge in [0.05, 0.1) is 4.90 Å². The van der Waals surface area contributed by atoms with Gasteiger partial charge >= 0.3 is 0 Å². The first-order valence-corrected chi connectivity index (χ1v) is 8.49. The van der Waals surface area contributed by atoms with Gasteiger partial charge < -0.3 is 0 Å². The maximum Gasteiger partial charge on any atom is 0.199 e. The van der Waals surface area contributed by atoms with E-state index in [2.05, 4.69) is 0 Å². The zero-order chi connectivity index (χ0) is 14.9. The van der Waals surface area contributed by atoms with Gasteiger partial charge in [-0.3, -0.25) is 0 Å². The fraction of sp³-hybridized carbons (Fsp3) is 0.0588. The normalized spacial score (nSPS) is 13.2. The molecule has 3 aromatic rings. The van der Waals surface area contributed by atoms with Crippen LogP contribution in [0.5, 0.6) is 0 Å². The number of sulfone groups is 1. The summed E-state index contributed by atoms with van der Waals surface area (Å²) in [5, 5.41) is 1.89. The van der Waals surface area contributed by atoms with E-state index in [1.807, 2.05) is 30.3 Å². The van der Waals surface area contributed by atoms with Crippen molar-refractivity contribution >= 4 is 32.2 Å². The lowest BCUT2D eigenvalue weighted by Crippen LogP contribution is -2.08. The summed E-state index contributed by atoms with van der Waals surface area (Å²) in [5.41, 5.74) is 0.576. The number of hydrogen-bond donors (Lipinski definition) is 0. The summed E-state index contributed by atoms with van der Waals surface area (Å²) in [6.45, 7) is 0. The highest BCUT2D eigenvalue weighted by atomic mass is 35.5. The van der Waals surface area contributed by atoms with E-state index in [0.717, 1.165) is 10.8 Å². The molecule has 0 saturated carbocycles. The van der Waals surface area contributed by atoms with Crippen molar-refractivity contribution in [3.63, 3.8) is 0 Å². The van der Waals surface area contributed by atoms with Crippen molar-refractivity contribution in [1.29, 1.82) is 0 Å². The van der Waals surface area contributed by atoms with Gasteiger partial charge in [-0.25, -0.2) is 8.42 Å². The molecule has 0 spiro atoms. The van der Waals surface area contributed by atoms with E-state index in [9.17, 15) is 8.42 Å². The number of fused-ring (bicyclic) bond motifs is 1. The average Bonchev–Trinajstić information content (AvgIpc) is 2.54. The minimum absolute atomic E-state index is 0.241. The Morgan fingerprint density at radius 1 is 0.762 bits per heavy atom. The number of alkyl halides is 1. The SMILES string of the molecule is O=S(=O)(c1ccc2ccccc2c1)C(Cl)c1ccccc1. The van der Waals surface area contributed by atoms with Crippen LogP contribution < -0.4 is 0 Å². The predicted octanol–water partition coefficient (Wildman–Crippen LogP) is 4.55. The molecule has 1 unspecified atom stereocenters. The van der Waals surface area contributed by atoms with Gasteiger partial charge in [0.1, 0.15) is 0 Å². The minimum Gasteiger partial charge on any atom is -0.222 e. The van der Waals surface area contributed by atoms with Crippen LogP contribution >= 0.6 is 11.6 Å². The van der Waals surface area contributed by atoms with Crippen molar-refractivity contribution in [3.8, 4) is 0 Å². The van der Waals surface area contributed by atoms with Crippen LogP contribution in [0.4, 0.5) is 0 Å². The molecule has 0 N–H and O–H groups in total. The summed E-state index contributed by atoms with van der Waals surface area (Å²) in [6, 6.07) is 21.5. The van der Waals surface area contributed by atoms with Crippen LogP contribution in [0.15, 0.2) is 77.7 Å². The van der Waals surface area contributed by atoms with Crippen LogP contribution in [0.1, 0.15) is 10.3 Å². The number of halogens is 1. The molecule has 3 rings (SSSR count). The molecule has 0 fully saturated rings. The summed E-state index contributed by atoms with van der Waals surface area (Å²) in [7, 11) is -3.62. The second kappa shape index (κ2) is 5.51. The maximum atomic E-state index is 12.6. The van der Waals surface area contributed by atoms with Gasteiger partial charge in [-0.05, 0) is 28.5 Å². The van der Waals surface area contributed by atoms with Gasteiger partial charge in [0.15, 0.2) is 14.5 Å². The van der Waals surface area contributed by atoms with Gasteiger partial charge in [0.2, 0.25) is 0 Å². The smallest absolute Gasteiger partial charge is 0.199 e. The monoisotopic (exact) mass is 316 g/mol. The summed E-state index contributed by atoms with van der Waals surface area (Å²) < 4.78 is 24.2. The molecule has 0 radical (unpaired) electrons. The molecule has 2 nitrogen and oxygen atoms in total. The highest BCUT2D eigenvalue weighted by Gasteiger charge is 2.26. The van der Waals surface area contributed by atoms with Crippen LogP contribution in [-0.4, -0.2) is 8.42 Å². The molecular weight excluding hydrogens is 304 g/mol. The summed E-state index contributed by atoms with van der Waals surface area (Å²) in [4.78, 5) is 0.241. The molecule has 0 aliphatic rings. The Morgan fingerprint density at radius 3 is 2.10 bits per heavy atom. The molecule has 4 heteroatoms. The molecule has 21 heavy (non-hydrogen) atoms. The first-order chi connectivity index (χ1) is 10.1. The molecule has 1 atom stereocenters. The minimum atomic E-state index is -3.62. The Morgan fingerprint density at radius 2 is 1.38 bits per heavy atom. The van der Waals surface area contributed by atoms with Crippen LogP contribution in [0.25, 0.3) is 10.8 Å². The molecule has 3 aromatic carbocycles. The maximum absolute atomic E-state index is 12.6. The van der Waals surface area contributed by atoms with Crippen molar-refractivity contribution in [2.45, 2.75) is 9.60 Å².